The summed E-state index contributed by atoms with van der Waals surface area (Å²) >= 11 is 0. The number of carbonyl (C=O) groups excluding carboxylic acids is 3. The number of anilines is 1. The standard InChI is InChI=1S/C27H24N2O7/c1-33-19-14-17(27(32)36-4)22(25(35-3)24(19)34-2)29-26(31)23(30)20-16-12-8-9-13-18(16)28-21(20)15-10-6-5-7-11-15/h5-14,28H,1-4H3,(H,29,31). The number of hydrogen-bond acceptors (Lipinski definition) is 7. The lowest BCUT2D eigenvalue weighted by Crippen LogP contribution is -2.25. The largest absolute Gasteiger partial charge is 0.493 e. The molecule has 1 aromatic heterocycles. The van der Waals surface area contributed by atoms with E-state index in [-0.39, 0.29) is 34.1 Å². The molecule has 3 aromatic carbocycles. The number of methoxy groups -OCH3 is 4. The molecule has 36 heavy (non-hydrogen) atoms. The van der Waals surface area contributed by atoms with Gasteiger partial charge in [-0.3, -0.25) is 9.59 Å². The lowest BCUT2D eigenvalue weighted by atomic mass is 10.0. The molecule has 4 rings (SSSR count). The summed E-state index contributed by atoms with van der Waals surface area (Å²) in [5.74, 6) is -2.24. The third kappa shape index (κ3) is 4.22. The first kappa shape index (κ1) is 24.3. The van der Waals surface area contributed by atoms with Gasteiger partial charge in [0.1, 0.15) is 5.69 Å². The molecule has 1 heterocycles. The van der Waals surface area contributed by atoms with Crippen LogP contribution in [-0.4, -0.2) is 51.1 Å². The number of benzene rings is 3. The van der Waals surface area contributed by atoms with Gasteiger partial charge in [0, 0.05) is 17.0 Å². The van der Waals surface area contributed by atoms with Crippen molar-refractivity contribution in [2.24, 2.45) is 0 Å². The van der Waals surface area contributed by atoms with Crippen molar-refractivity contribution in [2.45, 2.75) is 0 Å². The maximum atomic E-state index is 13.6. The second kappa shape index (κ2) is 10.2. The highest BCUT2D eigenvalue weighted by Gasteiger charge is 2.30. The fourth-order valence-corrected chi connectivity index (χ4v) is 4.03. The molecular weight excluding hydrogens is 464 g/mol. The Morgan fingerprint density at radius 3 is 2.11 bits per heavy atom. The molecule has 0 unspecified atom stereocenters. The first-order valence-electron chi connectivity index (χ1n) is 10.9. The summed E-state index contributed by atoms with van der Waals surface area (Å²) in [6.07, 6.45) is 0. The summed E-state index contributed by atoms with van der Waals surface area (Å²) in [5, 5.41) is 3.13. The number of ether oxygens (including phenoxy) is 4. The van der Waals surface area contributed by atoms with Crippen LogP contribution in [0.3, 0.4) is 0 Å². The monoisotopic (exact) mass is 488 g/mol. The predicted octanol–water partition coefficient (Wildman–Crippen LogP) is 4.47. The van der Waals surface area contributed by atoms with Gasteiger partial charge < -0.3 is 29.2 Å². The molecular formula is C27H24N2O7. The number of carbonyl (C=O) groups is 3. The van der Waals surface area contributed by atoms with Crippen LogP contribution in [0.15, 0.2) is 60.7 Å². The average molecular weight is 488 g/mol. The Balaban J connectivity index is 1.84. The number of para-hydroxylation sites is 1. The van der Waals surface area contributed by atoms with Crippen molar-refractivity contribution < 1.29 is 33.3 Å². The summed E-state index contributed by atoms with van der Waals surface area (Å²) < 4.78 is 21.0. The summed E-state index contributed by atoms with van der Waals surface area (Å²) in [7, 11) is 5.30. The molecule has 0 radical (unpaired) electrons. The Morgan fingerprint density at radius 2 is 1.47 bits per heavy atom. The Labute approximate surface area is 206 Å². The number of H-pyrrole nitrogens is 1. The van der Waals surface area contributed by atoms with Crippen LogP contribution in [0.4, 0.5) is 5.69 Å². The van der Waals surface area contributed by atoms with Crippen LogP contribution in [0.25, 0.3) is 22.2 Å². The summed E-state index contributed by atoms with van der Waals surface area (Å²) in [6, 6.07) is 17.8. The quantitative estimate of drug-likeness (QED) is 0.214. The first-order chi connectivity index (χ1) is 17.4. The highest BCUT2D eigenvalue weighted by atomic mass is 16.5. The molecule has 4 aromatic rings. The van der Waals surface area contributed by atoms with Crippen molar-refractivity contribution in [1.82, 2.24) is 4.98 Å². The molecule has 0 atom stereocenters. The first-order valence-corrected chi connectivity index (χ1v) is 10.9. The van der Waals surface area contributed by atoms with Crippen molar-refractivity contribution in [3.63, 3.8) is 0 Å². The van der Waals surface area contributed by atoms with Gasteiger partial charge in [0.25, 0.3) is 11.7 Å². The smallest absolute Gasteiger partial charge is 0.340 e. The van der Waals surface area contributed by atoms with E-state index in [4.69, 9.17) is 18.9 Å². The highest BCUT2D eigenvalue weighted by molar-refractivity contribution is 6.49. The van der Waals surface area contributed by atoms with E-state index in [0.717, 1.165) is 5.56 Å². The van der Waals surface area contributed by atoms with Gasteiger partial charge in [0.15, 0.2) is 11.5 Å². The number of fused-ring (bicyclic) bond motifs is 1. The maximum Gasteiger partial charge on any atom is 0.340 e. The SMILES string of the molecule is COC(=O)c1cc(OC)c(OC)c(OC)c1NC(=O)C(=O)c1c(-c2ccccc2)[nH]c2ccccc12. The molecule has 0 bridgehead atoms. The summed E-state index contributed by atoms with van der Waals surface area (Å²) in [4.78, 5) is 42.8. The number of hydrogen-bond donors (Lipinski definition) is 2. The summed E-state index contributed by atoms with van der Waals surface area (Å²) in [5.41, 5.74) is 1.99. The second-order valence-corrected chi connectivity index (χ2v) is 7.63. The third-order valence-electron chi connectivity index (χ3n) is 5.68. The number of ketones is 1. The number of Topliss-reactive ketones (excluding diaryl/α,β-unsaturated/α-hetero) is 1. The van der Waals surface area contributed by atoms with E-state index in [1.807, 2.05) is 42.5 Å². The van der Waals surface area contributed by atoms with Crippen molar-refractivity contribution in [1.29, 1.82) is 0 Å². The zero-order valence-electron chi connectivity index (χ0n) is 20.1. The zero-order valence-corrected chi connectivity index (χ0v) is 20.1. The topological polar surface area (TPSA) is 116 Å². The van der Waals surface area contributed by atoms with Crippen LogP contribution in [0, 0.1) is 0 Å². The van der Waals surface area contributed by atoms with Gasteiger partial charge in [0.2, 0.25) is 5.75 Å². The lowest BCUT2D eigenvalue weighted by Gasteiger charge is -2.19. The van der Waals surface area contributed by atoms with Gasteiger partial charge >= 0.3 is 5.97 Å². The molecule has 0 spiro atoms. The highest BCUT2D eigenvalue weighted by Crippen LogP contribution is 2.45. The fraction of sp³-hybridized carbons (Fsp3) is 0.148. The normalized spacial score (nSPS) is 10.6. The van der Waals surface area contributed by atoms with Crippen LogP contribution in [0.5, 0.6) is 17.2 Å². The van der Waals surface area contributed by atoms with Gasteiger partial charge in [-0.1, -0.05) is 48.5 Å². The van der Waals surface area contributed by atoms with Crippen LogP contribution >= 0.6 is 0 Å². The van der Waals surface area contributed by atoms with E-state index >= 15 is 0 Å². The van der Waals surface area contributed by atoms with Crippen molar-refractivity contribution in [2.75, 3.05) is 33.8 Å². The second-order valence-electron chi connectivity index (χ2n) is 7.63. The molecule has 0 saturated heterocycles. The summed E-state index contributed by atoms with van der Waals surface area (Å²) in [6.45, 7) is 0. The molecule has 0 aliphatic carbocycles. The van der Waals surface area contributed by atoms with Gasteiger partial charge in [0.05, 0.1) is 45.3 Å². The molecule has 0 fully saturated rings. The zero-order chi connectivity index (χ0) is 25.8. The number of aromatic amines is 1. The van der Waals surface area contributed by atoms with E-state index < -0.39 is 17.7 Å². The molecule has 0 aliphatic rings. The van der Waals surface area contributed by atoms with Crippen molar-refractivity contribution in [3.8, 4) is 28.5 Å². The minimum atomic E-state index is -0.979. The lowest BCUT2D eigenvalue weighted by molar-refractivity contribution is -0.112. The average Bonchev–Trinajstić information content (AvgIpc) is 3.31. The van der Waals surface area contributed by atoms with Crippen LogP contribution in [0.2, 0.25) is 0 Å². The van der Waals surface area contributed by atoms with E-state index in [9.17, 15) is 14.4 Å². The molecule has 0 aliphatic heterocycles. The van der Waals surface area contributed by atoms with Crippen LogP contribution in [0.1, 0.15) is 20.7 Å². The molecule has 0 saturated carbocycles. The van der Waals surface area contributed by atoms with Gasteiger partial charge in [-0.25, -0.2) is 4.79 Å². The molecule has 184 valence electrons. The van der Waals surface area contributed by atoms with E-state index in [1.54, 1.807) is 12.1 Å². The van der Waals surface area contributed by atoms with Gasteiger partial charge in [-0.05, 0) is 11.6 Å². The third-order valence-corrected chi connectivity index (χ3v) is 5.68. The van der Waals surface area contributed by atoms with Gasteiger partial charge in [-0.2, -0.15) is 0 Å². The van der Waals surface area contributed by atoms with Crippen molar-refractivity contribution >= 4 is 34.3 Å². The Bertz CT molecular complexity index is 1460. The minimum absolute atomic E-state index is 0.000564. The predicted molar refractivity (Wildman–Crippen MR) is 134 cm³/mol. The fourth-order valence-electron chi connectivity index (χ4n) is 4.03. The number of esters is 1. The van der Waals surface area contributed by atoms with E-state index in [2.05, 4.69) is 10.3 Å². The van der Waals surface area contributed by atoms with Crippen LogP contribution in [-0.2, 0) is 9.53 Å². The Kier molecular flexibility index (Phi) is 6.91. The number of aromatic nitrogens is 1. The minimum Gasteiger partial charge on any atom is -0.493 e. The van der Waals surface area contributed by atoms with Gasteiger partial charge in [-0.15, -0.1) is 0 Å². The van der Waals surface area contributed by atoms with Crippen LogP contribution < -0.4 is 19.5 Å². The van der Waals surface area contributed by atoms with E-state index in [0.29, 0.717) is 16.6 Å². The molecule has 1 amide bonds. The molecule has 2 N–H and O–H groups in total. The number of nitrogens with one attached hydrogen (secondary N) is 2. The number of amides is 1. The maximum absolute atomic E-state index is 13.6. The Morgan fingerprint density at radius 1 is 0.806 bits per heavy atom. The van der Waals surface area contributed by atoms with Crippen molar-refractivity contribution in [3.05, 3.63) is 71.8 Å². The molecule has 9 nitrogen and oxygen atoms in total. The van der Waals surface area contributed by atoms with E-state index in [1.165, 1.54) is 34.5 Å². The number of rotatable bonds is 8. The molecule has 9 heteroatoms. The Hall–Kier alpha value is -4.79.